The lowest BCUT2D eigenvalue weighted by Gasteiger charge is -2.05. The first kappa shape index (κ1) is 25.3. The highest BCUT2D eigenvalue weighted by atomic mass is 35.5. The molecule has 0 aromatic rings. The maximum atomic E-state index is 11.6. The van der Waals surface area contributed by atoms with Gasteiger partial charge in [0.15, 0.2) is 5.96 Å². The van der Waals surface area contributed by atoms with Crippen molar-refractivity contribution >= 4 is 24.3 Å². The Kier molecular flexibility index (Phi) is 21.1. The standard InChI is InChI=1S/C18H38N4O.ClH/c1-2-3-4-5-6-7-8-9-10-11-12-14-17(23)21-15-13-16-22-18(19)20;/h2-16H2,1H3,(H,21,23)(H4,19,20,22);1H. The Morgan fingerprint density at radius 2 is 1.33 bits per heavy atom. The largest absolute Gasteiger partial charge is 0.370 e. The summed E-state index contributed by atoms with van der Waals surface area (Å²) in [6.07, 6.45) is 15.8. The number of hydrogen-bond donors (Lipinski definition) is 3. The van der Waals surface area contributed by atoms with Gasteiger partial charge in [0, 0.05) is 19.5 Å². The number of aliphatic imine (C=N–C) groups is 1. The molecule has 144 valence electrons. The number of nitrogens with one attached hydrogen (secondary N) is 1. The third kappa shape index (κ3) is 21.0. The van der Waals surface area contributed by atoms with E-state index in [4.69, 9.17) is 11.5 Å². The molecule has 0 saturated heterocycles. The van der Waals surface area contributed by atoms with Gasteiger partial charge in [0.25, 0.3) is 0 Å². The Morgan fingerprint density at radius 3 is 1.83 bits per heavy atom. The molecule has 0 aliphatic rings. The van der Waals surface area contributed by atoms with Gasteiger partial charge in [-0.25, -0.2) is 0 Å². The van der Waals surface area contributed by atoms with Gasteiger partial charge in [0.05, 0.1) is 0 Å². The Morgan fingerprint density at radius 1 is 0.833 bits per heavy atom. The number of rotatable bonds is 16. The number of carbonyl (C=O) groups excluding carboxylic acids is 1. The molecule has 0 bridgehead atoms. The van der Waals surface area contributed by atoms with Crippen LogP contribution in [0.2, 0.25) is 0 Å². The fourth-order valence-electron chi connectivity index (χ4n) is 2.55. The lowest BCUT2D eigenvalue weighted by atomic mass is 10.1. The molecule has 0 fully saturated rings. The molecule has 1 amide bonds. The molecular weight excluding hydrogens is 324 g/mol. The quantitative estimate of drug-likeness (QED) is 0.221. The van der Waals surface area contributed by atoms with Crippen molar-refractivity contribution in [2.75, 3.05) is 13.1 Å². The van der Waals surface area contributed by atoms with Crippen LogP contribution < -0.4 is 16.8 Å². The second-order valence-corrected chi connectivity index (χ2v) is 6.30. The molecule has 0 aliphatic carbocycles. The van der Waals surface area contributed by atoms with E-state index in [9.17, 15) is 4.79 Å². The molecule has 0 spiro atoms. The van der Waals surface area contributed by atoms with Crippen LogP contribution in [0.4, 0.5) is 0 Å². The van der Waals surface area contributed by atoms with Gasteiger partial charge in [-0.05, 0) is 12.8 Å². The van der Waals surface area contributed by atoms with Crippen molar-refractivity contribution in [2.45, 2.75) is 90.4 Å². The summed E-state index contributed by atoms with van der Waals surface area (Å²) < 4.78 is 0. The van der Waals surface area contributed by atoms with E-state index in [1.165, 1.54) is 57.8 Å². The molecule has 0 aliphatic heterocycles. The Labute approximate surface area is 154 Å². The fourth-order valence-corrected chi connectivity index (χ4v) is 2.55. The highest BCUT2D eigenvalue weighted by Crippen LogP contribution is 2.11. The number of hydrogen-bond acceptors (Lipinski definition) is 2. The molecule has 0 rings (SSSR count). The third-order valence-electron chi connectivity index (χ3n) is 3.96. The molecule has 0 heterocycles. The van der Waals surface area contributed by atoms with E-state index in [1.807, 2.05) is 0 Å². The van der Waals surface area contributed by atoms with Crippen molar-refractivity contribution in [1.82, 2.24) is 5.32 Å². The number of nitrogens with zero attached hydrogens (tertiary/aromatic N) is 1. The van der Waals surface area contributed by atoms with Gasteiger partial charge in [-0.1, -0.05) is 71.1 Å². The molecule has 6 heteroatoms. The monoisotopic (exact) mass is 362 g/mol. The topological polar surface area (TPSA) is 93.5 Å². The second kappa shape index (κ2) is 20.1. The Hall–Kier alpha value is -0.970. The summed E-state index contributed by atoms with van der Waals surface area (Å²) in [7, 11) is 0. The normalized spacial score (nSPS) is 10.0. The first-order chi connectivity index (χ1) is 11.2. The van der Waals surface area contributed by atoms with Crippen LogP contribution in [0.3, 0.4) is 0 Å². The number of amides is 1. The summed E-state index contributed by atoms with van der Waals surface area (Å²) in [5.41, 5.74) is 10.5. The van der Waals surface area contributed by atoms with Crippen LogP contribution in [-0.2, 0) is 4.79 Å². The molecule has 0 unspecified atom stereocenters. The SMILES string of the molecule is CCCCCCCCCCCCCC(=O)NCCCN=C(N)N.Cl. The van der Waals surface area contributed by atoms with E-state index >= 15 is 0 Å². The predicted octanol–water partition coefficient (Wildman–Crippen LogP) is 3.89. The van der Waals surface area contributed by atoms with Crippen molar-refractivity contribution in [1.29, 1.82) is 0 Å². The number of halogens is 1. The van der Waals surface area contributed by atoms with E-state index < -0.39 is 0 Å². The van der Waals surface area contributed by atoms with Crippen LogP contribution in [-0.4, -0.2) is 25.0 Å². The molecule has 0 aromatic heterocycles. The average Bonchev–Trinajstić information content (AvgIpc) is 2.52. The maximum absolute atomic E-state index is 11.6. The lowest BCUT2D eigenvalue weighted by molar-refractivity contribution is -0.121. The second-order valence-electron chi connectivity index (χ2n) is 6.30. The molecule has 0 aromatic carbocycles. The average molecular weight is 363 g/mol. The Bertz CT molecular complexity index is 307. The van der Waals surface area contributed by atoms with Crippen LogP contribution in [0.25, 0.3) is 0 Å². The van der Waals surface area contributed by atoms with E-state index in [0.29, 0.717) is 19.5 Å². The van der Waals surface area contributed by atoms with Crippen LogP contribution in [0.15, 0.2) is 4.99 Å². The summed E-state index contributed by atoms with van der Waals surface area (Å²) in [5, 5.41) is 2.90. The highest BCUT2D eigenvalue weighted by molar-refractivity contribution is 5.85. The molecular formula is C18H39ClN4O. The first-order valence-electron chi connectivity index (χ1n) is 9.49. The summed E-state index contributed by atoms with van der Waals surface area (Å²) in [6.45, 7) is 3.47. The molecule has 0 atom stereocenters. The zero-order valence-electron chi connectivity index (χ0n) is 15.5. The maximum Gasteiger partial charge on any atom is 0.219 e. The number of carbonyl (C=O) groups is 1. The minimum Gasteiger partial charge on any atom is -0.370 e. The highest BCUT2D eigenvalue weighted by Gasteiger charge is 2.00. The van der Waals surface area contributed by atoms with Gasteiger partial charge in [-0.3, -0.25) is 9.79 Å². The van der Waals surface area contributed by atoms with Crippen molar-refractivity contribution in [3.05, 3.63) is 0 Å². The van der Waals surface area contributed by atoms with Gasteiger partial charge in [-0.15, -0.1) is 12.4 Å². The van der Waals surface area contributed by atoms with Gasteiger partial charge < -0.3 is 16.8 Å². The molecule has 0 saturated carbocycles. The van der Waals surface area contributed by atoms with Crippen LogP contribution in [0.5, 0.6) is 0 Å². The number of unbranched alkanes of at least 4 members (excludes halogenated alkanes) is 10. The molecule has 5 nitrogen and oxygen atoms in total. The number of nitrogens with two attached hydrogens (primary N) is 2. The minimum atomic E-state index is 0. The fraction of sp³-hybridized carbons (Fsp3) is 0.889. The summed E-state index contributed by atoms with van der Waals surface area (Å²) in [5.74, 6) is 0.253. The van der Waals surface area contributed by atoms with Crippen LogP contribution in [0.1, 0.15) is 90.4 Å². The summed E-state index contributed by atoms with van der Waals surface area (Å²) in [6, 6.07) is 0. The van der Waals surface area contributed by atoms with Crippen molar-refractivity contribution in [3.8, 4) is 0 Å². The number of guanidine groups is 1. The summed E-state index contributed by atoms with van der Waals surface area (Å²) >= 11 is 0. The Balaban J connectivity index is 0. The van der Waals surface area contributed by atoms with Gasteiger partial charge in [0.1, 0.15) is 0 Å². The zero-order chi connectivity index (χ0) is 17.2. The van der Waals surface area contributed by atoms with E-state index in [2.05, 4.69) is 17.2 Å². The molecule has 24 heavy (non-hydrogen) atoms. The lowest BCUT2D eigenvalue weighted by Crippen LogP contribution is -2.26. The van der Waals surface area contributed by atoms with Gasteiger partial charge >= 0.3 is 0 Å². The van der Waals surface area contributed by atoms with Gasteiger partial charge in [0.2, 0.25) is 5.91 Å². The predicted molar refractivity (Wildman–Crippen MR) is 107 cm³/mol. The van der Waals surface area contributed by atoms with E-state index in [1.54, 1.807) is 0 Å². The van der Waals surface area contributed by atoms with Crippen LogP contribution >= 0.6 is 12.4 Å². The molecule has 5 N–H and O–H groups in total. The van der Waals surface area contributed by atoms with Crippen molar-refractivity contribution < 1.29 is 4.79 Å². The van der Waals surface area contributed by atoms with Crippen LogP contribution in [0, 0.1) is 0 Å². The minimum absolute atomic E-state index is 0. The summed E-state index contributed by atoms with van der Waals surface area (Å²) in [4.78, 5) is 15.5. The third-order valence-corrected chi connectivity index (χ3v) is 3.96. The van der Waals surface area contributed by atoms with E-state index in [-0.39, 0.29) is 24.3 Å². The smallest absolute Gasteiger partial charge is 0.219 e. The van der Waals surface area contributed by atoms with Crippen molar-refractivity contribution in [3.63, 3.8) is 0 Å². The van der Waals surface area contributed by atoms with Crippen molar-refractivity contribution in [2.24, 2.45) is 16.5 Å². The van der Waals surface area contributed by atoms with Gasteiger partial charge in [-0.2, -0.15) is 0 Å². The van der Waals surface area contributed by atoms with E-state index in [0.717, 1.165) is 19.3 Å². The molecule has 0 radical (unpaired) electrons. The first-order valence-corrected chi connectivity index (χ1v) is 9.49. The zero-order valence-corrected chi connectivity index (χ0v) is 16.3.